The van der Waals surface area contributed by atoms with Crippen molar-refractivity contribution in [3.63, 3.8) is 0 Å². The van der Waals surface area contributed by atoms with E-state index in [-0.39, 0.29) is 18.9 Å². The first kappa shape index (κ1) is 16.7. The molecule has 7 heteroatoms. The van der Waals surface area contributed by atoms with E-state index in [0.29, 0.717) is 12.0 Å². The Bertz CT molecular complexity index is 451. The van der Waals surface area contributed by atoms with Gasteiger partial charge in [0.1, 0.15) is 0 Å². The smallest absolute Gasteiger partial charge is 0.352 e. The largest absolute Gasteiger partial charge is 0.389 e. The van der Waals surface area contributed by atoms with E-state index in [9.17, 15) is 18.0 Å². The molecule has 0 saturated heterocycles. The maximum Gasteiger partial charge on any atom is 0.389 e. The van der Waals surface area contributed by atoms with E-state index in [4.69, 9.17) is 0 Å². The molecule has 2 nitrogen and oxygen atoms in total. The number of nitrogens with one attached hydrogen (secondary N) is 1. The summed E-state index contributed by atoms with van der Waals surface area (Å²) in [5.41, 5.74) is 0.519. The van der Waals surface area contributed by atoms with Gasteiger partial charge in [-0.25, -0.2) is 0 Å². The summed E-state index contributed by atoms with van der Waals surface area (Å²) in [5.74, 6) is -0.266. The number of halogens is 5. The number of hydrogen-bond donors (Lipinski definition) is 1. The van der Waals surface area contributed by atoms with E-state index in [1.54, 1.807) is 12.1 Å². The molecule has 0 fully saturated rings. The average molecular weight is 450 g/mol. The van der Waals surface area contributed by atoms with Crippen LogP contribution in [0.5, 0.6) is 0 Å². The monoisotopic (exact) mass is 449 g/mol. The van der Waals surface area contributed by atoms with Gasteiger partial charge in [0.15, 0.2) is 0 Å². The van der Waals surface area contributed by atoms with Gasteiger partial charge in [-0.15, -0.1) is 0 Å². The second-order valence-electron chi connectivity index (χ2n) is 3.95. The van der Waals surface area contributed by atoms with E-state index in [1.165, 1.54) is 0 Å². The molecule has 19 heavy (non-hydrogen) atoms. The highest BCUT2D eigenvalue weighted by Crippen LogP contribution is 2.22. The summed E-state index contributed by atoms with van der Waals surface area (Å²) in [6.45, 7) is 0.248. The van der Waals surface area contributed by atoms with Gasteiger partial charge < -0.3 is 5.32 Å². The highest BCUT2D eigenvalue weighted by atomic mass is 127. The highest BCUT2D eigenvalue weighted by Gasteiger charge is 2.25. The molecule has 106 valence electrons. The van der Waals surface area contributed by atoms with Crippen LogP contribution in [0, 0.1) is 3.57 Å². The van der Waals surface area contributed by atoms with Crippen LogP contribution in [0.3, 0.4) is 0 Å². The predicted octanol–water partition coefficient (Wildman–Crippen LogP) is 4.52. The number of hydrogen-bond acceptors (Lipinski definition) is 1. The minimum atomic E-state index is -4.12. The fraction of sp³-hybridized carbons (Fsp3) is 0.417. The summed E-state index contributed by atoms with van der Waals surface area (Å²) in [5, 5.41) is 2.62. The normalized spacial score (nSPS) is 11.4. The Hall–Kier alpha value is -0.310. The van der Waals surface area contributed by atoms with Gasteiger partial charge in [0, 0.05) is 21.0 Å². The third-order valence-corrected chi connectivity index (χ3v) is 3.78. The van der Waals surface area contributed by atoms with Gasteiger partial charge in [-0.1, -0.05) is 15.9 Å². The van der Waals surface area contributed by atoms with Crippen molar-refractivity contribution in [3.05, 3.63) is 31.8 Å². The zero-order valence-electron chi connectivity index (χ0n) is 9.86. The van der Waals surface area contributed by atoms with Crippen molar-refractivity contribution in [2.45, 2.75) is 25.4 Å². The Labute approximate surface area is 131 Å². The Kier molecular flexibility index (Phi) is 6.58. The van der Waals surface area contributed by atoms with Crippen molar-refractivity contribution in [1.82, 2.24) is 5.32 Å². The van der Waals surface area contributed by atoms with Crippen molar-refractivity contribution in [2.24, 2.45) is 0 Å². The van der Waals surface area contributed by atoms with Crippen molar-refractivity contribution in [1.29, 1.82) is 0 Å². The molecule has 0 heterocycles. The van der Waals surface area contributed by atoms with Gasteiger partial charge in [-0.2, -0.15) is 13.2 Å². The molecule has 1 aromatic rings. The van der Waals surface area contributed by atoms with Crippen molar-refractivity contribution >= 4 is 44.4 Å². The molecular weight excluding hydrogens is 438 g/mol. The number of carbonyl (C=O) groups is 1. The van der Waals surface area contributed by atoms with Crippen LogP contribution in [0.2, 0.25) is 0 Å². The molecule has 0 unspecified atom stereocenters. The maximum absolute atomic E-state index is 11.9. The van der Waals surface area contributed by atoms with Crippen LogP contribution in [0.4, 0.5) is 13.2 Å². The fourth-order valence-corrected chi connectivity index (χ4v) is 2.36. The number of unbranched alkanes of at least 4 members (excludes halogenated alkanes) is 1. The number of benzene rings is 1. The van der Waals surface area contributed by atoms with Crippen LogP contribution in [0.15, 0.2) is 22.7 Å². The molecule has 1 aromatic carbocycles. The number of carbonyl (C=O) groups excluding carboxylic acids is 1. The first-order chi connectivity index (χ1) is 8.79. The summed E-state index contributed by atoms with van der Waals surface area (Å²) in [6.07, 6.45) is -4.59. The van der Waals surface area contributed by atoms with E-state index < -0.39 is 12.6 Å². The third-order valence-electron chi connectivity index (χ3n) is 2.35. The van der Waals surface area contributed by atoms with Gasteiger partial charge in [0.25, 0.3) is 5.91 Å². The zero-order valence-corrected chi connectivity index (χ0v) is 13.6. The molecule has 0 radical (unpaired) electrons. The van der Waals surface area contributed by atoms with E-state index in [0.717, 1.165) is 8.04 Å². The quantitative estimate of drug-likeness (QED) is 0.519. The van der Waals surface area contributed by atoms with E-state index in [1.807, 2.05) is 28.7 Å². The maximum atomic E-state index is 11.9. The third kappa shape index (κ3) is 6.60. The van der Waals surface area contributed by atoms with Crippen LogP contribution in [0.25, 0.3) is 0 Å². The molecule has 0 aliphatic carbocycles. The lowest BCUT2D eigenvalue weighted by atomic mass is 10.2. The highest BCUT2D eigenvalue weighted by molar-refractivity contribution is 14.1. The molecule has 1 rings (SSSR count). The second kappa shape index (κ2) is 7.47. The predicted molar refractivity (Wildman–Crippen MR) is 79.1 cm³/mol. The summed E-state index contributed by atoms with van der Waals surface area (Å²) in [4.78, 5) is 11.8. The summed E-state index contributed by atoms with van der Waals surface area (Å²) in [7, 11) is 0. The van der Waals surface area contributed by atoms with Crippen molar-refractivity contribution < 1.29 is 18.0 Å². The van der Waals surface area contributed by atoms with E-state index in [2.05, 4.69) is 21.2 Å². The van der Waals surface area contributed by atoms with Crippen LogP contribution in [-0.4, -0.2) is 18.6 Å². The van der Waals surface area contributed by atoms with Gasteiger partial charge in [0.2, 0.25) is 0 Å². The van der Waals surface area contributed by atoms with Gasteiger partial charge >= 0.3 is 6.18 Å². The molecule has 0 aliphatic heterocycles. The fourth-order valence-electron chi connectivity index (χ4n) is 1.42. The van der Waals surface area contributed by atoms with Crippen LogP contribution in [-0.2, 0) is 0 Å². The lowest BCUT2D eigenvalue weighted by molar-refractivity contribution is -0.135. The van der Waals surface area contributed by atoms with Gasteiger partial charge in [-0.05, 0) is 53.6 Å². The van der Waals surface area contributed by atoms with Crippen LogP contribution in [0.1, 0.15) is 29.6 Å². The summed E-state index contributed by atoms with van der Waals surface area (Å²) < 4.78 is 37.3. The second-order valence-corrected chi connectivity index (χ2v) is 6.03. The van der Waals surface area contributed by atoms with Crippen molar-refractivity contribution in [3.8, 4) is 0 Å². The molecule has 0 aromatic heterocycles. The first-order valence-corrected chi connectivity index (χ1v) is 7.47. The standard InChI is InChI=1S/C12H12BrF3INO/c13-8-3-4-10(17)9(7-8)11(19)18-6-2-1-5-12(14,15)16/h3-4,7H,1-2,5-6H2,(H,18,19). The minimum absolute atomic E-state index is 0.0271. The molecule has 1 amide bonds. The van der Waals surface area contributed by atoms with Crippen LogP contribution >= 0.6 is 38.5 Å². The minimum Gasteiger partial charge on any atom is -0.352 e. The SMILES string of the molecule is O=C(NCCCCC(F)(F)F)c1cc(Br)ccc1I. The Balaban J connectivity index is 2.38. The molecule has 0 spiro atoms. The van der Waals surface area contributed by atoms with Gasteiger partial charge in [-0.3, -0.25) is 4.79 Å². The summed E-state index contributed by atoms with van der Waals surface area (Å²) in [6, 6.07) is 5.30. The van der Waals surface area contributed by atoms with Gasteiger partial charge in [0.05, 0.1) is 5.56 Å². The molecule has 0 atom stereocenters. The Morgan fingerprint density at radius 3 is 2.63 bits per heavy atom. The molecule has 0 saturated carbocycles. The average Bonchev–Trinajstić information content (AvgIpc) is 2.30. The molecule has 0 bridgehead atoms. The summed E-state index contributed by atoms with van der Waals surface area (Å²) >= 11 is 5.31. The molecule has 0 aliphatic rings. The first-order valence-electron chi connectivity index (χ1n) is 5.59. The lowest BCUT2D eigenvalue weighted by Gasteiger charge is -2.08. The number of rotatable bonds is 5. The Morgan fingerprint density at radius 2 is 2.00 bits per heavy atom. The molecular formula is C12H12BrF3INO. The number of alkyl halides is 3. The topological polar surface area (TPSA) is 29.1 Å². The number of amides is 1. The molecule has 1 N–H and O–H groups in total. The van der Waals surface area contributed by atoms with Crippen molar-refractivity contribution in [2.75, 3.05) is 6.54 Å². The zero-order chi connectivity index (χ0) is 14.5. The van der Waals surface area contributed by atoms with E-state index >= 15 is 0 Å². The van der Waals surface area contributed by atoms with Crippen LogP contribution < -0.4 is 5.32 Å². The lowest BCUT2D eigenvalue weighted by Crippen LogP contribution is -2.25. The Morgan fingerprint density at radius 1 is 1.32 bits per heavy atom.